The standard InChI is InChI=1S/C9H16N4O2/c1-13(2)4-3-10-5-7-6-11-9(15)12-8(7)14/h6,10H,3-5H2,1-2H3,(H2,11,12,14,15). The molecule has 3 N–H and O–H groups in total. The van der Waals surface area contributed by atoms with Crippen LogP contribution in [0.5, 0.6) is 0 Å². The normalized spacial score (nSPS) is 10.9. The Morgan fingerprint density at radius 1 is 1.40 bits per heavy atom. The molecule has 0 aliphatic carbocycles. The summed E-state index contributed by atoms with van der Waals surface area (Å²) in [6.45, 7) is 2.16. The van der Waals surface area contributed by atoms with E-state index in [-0.39, 0.29) is 5.56 Å². The molecular formula is C9H16N4O2. The summed E-state index contributed by atoms with van der Waals surface area (Å²) in [5.74, 6) is 0. The Hall–Kier alpha value is -1.40. The van der Waals surface area contributed by atoms with Gasteiger partial charge in [0, 0.05) is 31.4 Å². The summed E-state index contributed by atoms with van der Waals surface area (Å²) in [6.07, 6.45) is 1.43. The van der Waals surface area contributed by atoms with Gasteiger partial charge in [-0.25, -0.2) is 4.79 Å². The maximum Gasteiger partial charge on any atom is 0.325 e. The summed E-state index contributed by atoms with van der Waals surface area (Å²) < 4.78 is 0. The molecule has 0 fully saturated rings. The van der Waals surface area contributed by atoms with Gasteiger partial charge in [0.1, 0.15) is 0 Å². The van der Waals surface area contributed by atoms with E-state index in [0.29, 0.717) is 12.1 Å². The second kappa shape index (κ2) is 5.47. The predicted molar refractivity (Wildman–Crippen MR) is 57.9 cm³/mol. The zero-order valence-corrected chi connectivity index (χ0v) is 8.96. The lowest BCUT2D eigenvalue weighted by atomic mass is 10.3. The summed E-state index contributed by atoms with van der Waals surface area (Å²) in [7, 11) is 3.96. The van der Waals surface area contributed by atoms with Crippen molar-refractivity contribution in [1.82, 2.24) is 20.2 Å². The lowest BCUT2D eigenvalue weighted by Crippen LogP contribution is -2.30. The summed E-state index contributed by atoms with van der Waals surface area (Å²) in [5.41, 5.74) is -0.276. The minimum Gasteiger partial charge on any atom is -0.314 e. The third-order valence-electron chi connectivity index (χ3n) is 1.95. The summed E-state index contributed by atoms with van der Waals surface area (Å²) in [5, 5.41) is 3.11. The number of hydrogen-bond donors (Lipinski definition) is 3. The van der Waals surface area contributed by atoms with Crippen molar-refractivity contribution in [2.45, 2.75) is 6.54 Å². The highest BCUT2D eigenvalue weighted by atomic mass is 16.2. The molecule has 0 unspecified atom stereocenters. The van der Waals surface area contributed by atoms with Gasteiger partial charge in [-0.1, -0.05) is 0 Å². The van der Waals surface area contributed by atoms with Gasteiger partial charge in [0.25, 0.3) is 5.56 Å². The summed E-state index contributed by atoms with van der Waals surface area (Å²) >= 11 is 0. The van der Waals surface area contributed by atoms with Crippen molar-refractivity contribution in [2.24, 2.45) is 0 Å². The molecule has 0 spiro atoms. The highest BCUT2D eigenvalue weighted by Crippen LogP contribution is 1.82. The average molecular weight is 212 g/mol. The van der Waals surface area contributed by atoms with Crippen LogP contribution >= 0.6 is 0 Å². The molecule has 0 saturated carbocycles. The second-order valence-electron chi connectivity index (χ2n) is 3.58. The molecule has 0 aliphatic heterocycles. The number of aromatic nitrogens is 2. The van der Waals surface area contributed by atoms with Gasteiger partial charge < -0.3 is 15.2 Å². The fourth-order valence-electron chi connectivity index (χ4n) is 1.09. The van der Waals surface area contributed by atoms with Crippen LogP contribution in [0.3, 0.4) is 0 Å². The number of nitrogens with one attached hydrogen (secondary N) is 3. The topological polar surface area (TPSA) is 81.0 Å². The quantitative estimate of drug-likeness (QED) is 0.531. The molecule has 1 aromatic rings. The largest absolute Gasteiger partial charge is 0.325 e. The number of aromatic amines is 2. The van der Waals surface area contributed by atoms with Crippen molar-refractivity contribution in [3.05, 3.63) is 32.6 Å². The first kappa shape index (κ1) is 11.7. The number of nitrogens with zero attached hydrogens (tertiary/aromatic N) is 1. The van der Waals surface area contributed by atoms with Gasteiger partial charge in [0.2, 0.25) is 0 Å². The number of hydrogen-bond acceptors (Lipinski definition) is 4. The van der Waals surface area contributed by atoms with Crippen molar-refractivity contribution in [1.29, 1.82) is 0 Å². The fraction of sp³-hybridized carbons (Fsp3) is 0.556. The summed E-state index contributed by atoms with van der Waals surface area (Å²) in [4.78, 5) is 28.6. The van der Waals surface area contributed by atoms with Gasteiger partial charge in [-0.05, 0) is 14.1 Å². The van der Waals surface area contributed by atoms with E-state index in [1.54, 1.807) is 0 Å². The molecule has 0 aromatic carbocycles. The molecule has 1 rings (SSSR count). The molecule has 0 atom stereocenters. The van der Waals surface area contributed by atoms with Crippen LogP contribution in [0.25, 0.3) is 0 Å². The molecule has 15 heavy (non-hydrogen) atoms. The molecule has 0 radical (unpaired) electrons. The molecule has 0 amide bonds. The smallest absolute Gasteiger partial charge is 0.314 e. The number of likely N-dealkylation sites (N-methyl/N-ethyl adjacent to an activating group) is 1. The molecule has 1 heterocycles. The molecule has 0 bridgehead atoms. The van der Waals surface area contributed by atoms with Gasteiger partial charge >= 0.3 is 5.69 Å². The minimum absolute atomic E-state index is 0.337. The maximum absolute atomic E-state index is 11.2. The first-order valence-corrected chi connectivity index (χ1v) is 4.76. The van der Waals surface area contributed by atoms with E-state index in [1.165, 1.54) is 6.20 Å². The van der Waals surface area contributed by atoms with E-state index >= 15 is 0 Å². The van der Waals surface area contributed by atoms with Crippen LogP contribution in [0.4, 0.5) is 0 Å². The van der Waals surface area contributed by atoms with Gasteiger partial charge in [-0.15, -0.1) is 0 Å². The Labute approximate surface area is 87.3 Å². The van der Waals surface area contributed by atoms with Gasteiger partial charge in [0.15, 0.2) is 0 Å². The highest BCUT2D eigenvalue weighted by Gasteiger charge is 1.99. The molecule has 0 saturated heterocycles. The van der Waals surface area contributed by atoms with E-state index in [4.69, 9.17) is 0 Å². The number of H-pyrrole nitrogens is 2. The zero-order valence-electron chi connectivity index (χ0n) is 8.96. The number of rotatable bonds is 5. The van der Waals surface area contributed by atoms with Crippen LogP contribution in [0.1, 0.15) is 5.56 Å². The van der Waals surface area contributed by atoms with Gasteiger partial charge in [-0.2, -0.15) is 0 Å². The SMILES string of the molecule is CN(C)CCNCc1c[nH]c(=O)[nH]c1=O. The van der Waals surface area contributed by atoms with E-state index in [9.17, 15) is 9.59 Å². The van der Waals surface area contributed by atoms with Crippen LogP contribution in [0, 0.1) is 0 Å². The second-order valence-corrected chi connectivity index (χ2v) is 3.58. The van der Waals surface area contributed by atoms with Crippen LogP contribution in [-0.4, -0.2) is 42.1 Å². The van der Waals surface area contributed by atoms with E-state index < -0.39 is 5.69 Å². The molecule has 0 aliphatic rings. The van der Waals surface area contributed by atoms with Crippen LogP contribution < -0.4 is 16.6 Å². The van der Waals surface area contributed by atoms with Crippen molar-refractivity contribution < 1.29 is 0 Å². The van der Waals surface area contributed by atoms with Crippen LogP contribution in [0.2, 0.25) is 0 Å². The lowest BCUT2D eigenvalue weighted by molar-refractivity contribution is 0.399. The zero-order chi connectivity index (χ0) is 11.3. The molecule has 6 heteroatoms. The minimum atomic E-state index is -0.475. The summed E-state index contributed by atoms with van der Waals surface area (Å²) in [6, 6.07) is 0. The Kier molecular flexibility index (Phi) is 4.26. The van der Waals surface area contributed by atoms with Crippen LogP contribution in [-0.2, 0) is 6.54 Å². The monoisotopic (exact) mass is 212 g/mol. The first-order valence-electron chi connectivity index (χ1n) is 4.76. The fourth-order valence-corrected chi connectivity index (χ4v) is 1.09. The van der Waals surface area contributed by atoms with Crippen LogP contribution in [0.15, 0.2) is 15.8 Å². The predicted octanol–water partition coefficient (Wildman–Crippen LogP) is -1.29. The Bertz CT molecular complexity index is 407. The van der Waals surface area contributed by atoms with Gasteiger partial charge in [-0.3, -0.25) is 9.78 Å². The average Bonchev–Trinajstić information content (AvgIpc) is 2.14. The first-order chi connectivity index (χ1) is 7.09. The Morgan fingerprint density at radius 3 is 2.73 bits per heavy atom. The molecular weight excluding hydrogens is 196 g/mol. The third-order valence-corrected chi connectivity index (χ3v) is 1.95. The van der Waals surface area contributed by atoms with E-state index in [1.807, 2.05) is 19.0 Å². The van der Waals surface area contributed by atoms with Crippen molar-refractivity contribution >= 4 is 0 Å². The van der Waals surface area contributed by atoms with Crippen molar-refractivity contribution in [3.63, 3.8) is 0 Å². The maximum atomic E-state index is 11.2. The highest BCUT2D eigenvalue weighted by molar-refractivity contribution is 5.02. The lowest BCUT2D eigenvalue weighted by Gasteiger charge is -2.09. The Morgan fingerprint density at radius 2 is 2.13 bits per heavy atom. The molecule has 84 valence electrons. The van der Waals surface area contributed by atoms with Gasteiger partial charge in [0.05, 0.1) is 0 Å². The molecule has 1 aromatic heterocycles. The Balaban J connectivity index is 2.45. The molecule has 6 nitrogen and oxygen atoms in total. The van der Waals surface area contributed by atoms with Crippen molar-refractivity contribution in [2.75, 3.05) is 27.2 Å². The van der Waals surface area contributed by atoms with E-state index in [2.05, 4.69) is 15.3 Å². The third kappa shape index (κ3) is 4.09. The van der Waals surface area contributed by atoms with Crippen molar-refractivity contribution in [3.8, 4) is 0 Å². The van der Waals surface area contributed by atoms with E-state index in [0.717, 1.165) is 13.1 Å².